The molecule has 2 saturated heterocycles. The molecule has 1 atom stereocenters. The molecule has 0 radical (unpaired) electrons. The van der Waals surface area contributed by atoms with Crippen LogP contribution in [0.2, 0.25) is 0 Å². The fourth-order valence-corrected chi connectivity index (χ4v) is 4.18. The van der Waals surface area contributed by atoms with E-state index in [-0.39, 0.29) is 29.5 Å². The summed E-state index contributed by atoms with van der Waals surface area (Å²) in [6.45, 7) is 3.16. The van der Waals surface area contributed by atoms with Crippen molar-refractivity contribution < 1.29 is 18.7 Å². The Labute approximate surface area is 154 Å². The lowest BCUT2D eigenvalue weighted by atomic mass is 9.73. The lowest BCUT2D eigenvalue weighted by Crippen LogP contribution is -2.55. The van der Waals surface area contributed by atoms with Crippen molar-refractivity contribution in [1.29, 1.82) is 0 Å². The predicted molar refractivity (Wildman–Crippen MR) is 96.0 cm³/mol. The molecule has 5 nitrogen and oxygen atoms in total. The first kappa shape index (κ1) is 18.8. The summed E-state index contributed by atoms with van der Waals surface area (Å²) in [4.78, 5) is 28.6. The minimum Gasteiger partial charge on any atom is -0.383 e. The first-order chi connectivity index (χ1) is 12.5. The number of amides is 2. The van der Waals surface area contributed by atoms with Crippen LogP contribution in [0, 0.1) is 11.2 Å². The van der Waals surface area contributed by atoms with Crippen LogP contribution >= 0.6 is 0 Å². The van der Waals surface area contributed by atoms with E-state index >= 15 is 0 Å². The van der Waals surface area contributed by atoms with Crippen molar-refractivity contribution in [2.45, 2.75) is 32.1 Å². The molecule has 3 rings (SSSR count). The highest BCUT2D eigenvalue weighted by Crippen LogP contribution is 2.39. The van der Waals surface area contributed by atoms with E-state index in [2.05, 4.69) is 0 Å². The summed E-state index contributed by atoms with van der Waals surface area (Å²) in [6, 6.07) is 6.44. The lowest BCUT2D eigenvalue weighted by Gasteiger charge is -2.48. The van der Waals surface area contributed by atoms with E-state index in [1.54, 1.807) is 25.3 Å². The van der Waals surface area contributed by atoms with E-state index < -0.39 is 0 Å². The zero-order chi connectivity index (χ0) is 18.6. The topological polar surface area (TPSA) is 49.9 Å². The number of hydrogen-bond donors (Lipinski definition) is 0. The van der Waals surface area contributed by atoms with E-state index in [1.165, 1.54) is 6.07 Å². The number of likely N-dealkylation sites (tertiary alicyclic amines) is 2. The Morgan fingerprint density at radius 2 is 2.08 bits per heavy atom. The van der Waals surface area contributed by atoms with Crippen molar-refractivity contribution in [2.75, 3.05) is 39.9 Å². The summed E-state index contributed by atoms with van der Waals surface area (Å²) >= 11 is 0. The van der Waals surface area contributed by atoms with Gasteiger partial charge in [-0.05, 0) is 30.9 Å². The van der Waals surface area contributed by atoms with Crippen molar-refractivity contribution in [3.05, 3.63) is 35.6 Å². The Bertz CT molecular complexity index is 666. The van der Waals surface area contributed by atoms with Crippen LogP contribution in [-0.4, -0.2) is 61.5 Å². The number of methoxy groups -OCH3 is 1. The van der Waals surface area contributed by atoms with Gasteiger partial charge in [-0.3, -0.25) is 9.59 Å². The van der Waals surface area contributed by atoms with Crippen molar-refractivity contribution in [1.82, 2.24) is 9.80 Å². The summed E-state index contributed by atoms with van der Waals surface area (Å²) in [5, 5.41) is 0. The molecule has 0 saturated carbocycles. The Kier molecular flexibility index (Phi) is 5.91. The van der Waals surface area contributed by atoms with Crippen LogP contribution in [0.3, 0.4) is 0 Å². The second-order valence-corrected chi connectivity index (χ2v) is 7.50. The molecular weight excluding hydrogens is 335 g/mol. The van der Waals surface area contributed by atoms with E-state index in [4.69, 9.17) is 4.74 Å². The van der Waals surface area contributed by atoms with Gasteiger partial charge in [0.2, 0.25) is 11.8 Å². The first-order valence-electron chi connectivity index (χ1n) is 9.31. The molecule has 1 aromatic carbocycles. The summed E-state index contributed by atoms with van der Waals surface area (Å²) in [5.74, 6) is -0.196. The fraction of sp³-hybridized carbons (Fsp3) is 0.600. The van der Waals surface area contributed by atoms with Gasteiger partial charge >= 0.3 is 0 Å². The Balaban J connectivity index is 1.65. The Morgan fingerprint density at radius 1 is 1.27 bits per heavy atom. The Hall–Kier alpha value is -1.95. The molecule has 6 heteroatoms. The molecule has 0 N–H and O–H groups in total. The summed E-state index contributed by atoms with van der Waals surface area (Å²) in [6.07, 6.45) is 3.38. The third kappa shape index (κ3) is 4.23. The number of halogens is 1. The second-order valence-electron chi connectivity index (χ2n) is 7.50. The number of benzene rings is 1. The molecular formula is C20H27FN2O3. The van der Waals surface area contributed by atoms with Crippen LogP contribution in [-0.2, 0) is 20.7 Å². The molecule has 2 heterocycles. The number of piperidine rings is 2. The van der Waals surface area contributed by atoms with E-state index in [0.717, 1.165) is 19.3 Å². The number of carbonyl (C=O) groups is 2. The highest BCUT2D eigenvalue weighted by Gasteiger charge is 2.42. The average molecular weight is 362 g/mol. The number of ether oxygens (including phenoxy) is 1. The summed E-state index contributed by atoms with van der Waals surface area (Å²) in [5.41, 5.74) is 0.405. The van der Waals surface area contributed by atoms with Gasteiger partial charge in [-0.15, -0.1) is 0 Å². The van der Waals surface area contributed by atoms with Crippen molar-refractivity contribution in [3.63, 3.8) is 0 Å². The lowest BCUT2D eigenvalue weighted by molar-refractivity contribution is -0.143. The molecule has 2 aliphatic rings. The van der Waals surface area contributed by atoms with E-state index in [9.17, 15) is 14.0 Å². The minimum absolute atomic E-state index is 0.0329. The third-order valence-electron chi connectivity index (χ3n) is 5.63. The minimum atomic E-state index is -0.332. The van der Waals surface area contributed by atoms with Crippen LogP contribution in [0.15, 0.2) is 24.3 Å². The van der Waals surface area contributed by atoms with Crippen molar-refractivity contribution in [2.24, 2.45) is 5.41 Å². The monoisotopic (exact) mass is 362 g/mol. The molecule has 142 valence electrons. The van der Waals surface area contributed by atoms with Gasteiger partial charge in [-0.25, -0.2) is 4.39 Å². The van der Waals surface area contributed by atoms with Crippen LogP contribution in [0.1, 0.15) is 31.2 Å². The van der Waals surface area contributed by atoms with Crippen LogP contribution in [0.25, 0.3) is 0 Å². The van der Waals surface area contributed by atoms with Crippen LogP contribution in [0.5, 0.6) is 0 Å². The summed E-state index contributed by atoms with van der Waals surface area (Å²) < 4.78 is 19.0. The van der Waals surface area contributed by atoms with Gasteiger partial charge in [0.25, 0.3) is 0 Å². The SMILES string of the molecule is COCCN1C[C@]2(CCCN(C(=O)Cc3ccccc3F)C2)CCC1=O. The predicted octanol–water partition coefficient (Wildman–Crippen LogP) is 2.25. The van der Waals surface area contributed by atoms with Gasteiger partial charge in [0, 0.05) is 45.1 Å². The zero-order valence-corrected chi connectivity index (χ0v) is 15.4. The first-order valence-corrected chi connectivity index (χ1v) is 9.31. The molecule has 0 aliphatic carbocycles. The highest BCUT2D eigenvalue weighted by molar-refractivity contribution is 5.79. The average Bonchev–Trinajstić information content (AvgIpc) is 2.65. The van der Waals surface area contributed by atoms with Crippen LogP contribution in [0.4, 0.5) is 4.39 Å². The largest absolute Gasteiger partial charge is 0.383 e. The second kappa shape index (κ2) is 8.16. The van der Waals surface area contributed by atoms with Gasteiger partial charge in [0.05, 0.1) is 13.0 Å². The number of hydrogen-bond acceptors (Lipinski definition) is 3. The van der Waals surface area contributed by atoms with Gasteiger partial charge in [-0.1, -0.05) is 18.2 Å². The maximum atomic E-state index is 13.9. The summed E-state index contributed by atoms with van der Waals surface area (Å²) in [7, 11) is 1.63. The third-order valence-corrected chi connectivity index (χ3v) is 5.63. The zero-order valence-electron chi connectivity index (χ0n) is 15.4. The molecule has 0 aromatic heterocycles. The van der Waals surface area contributed by atoms with E-state index in [1.807, 2.05) is 9.80 Å². The van der Waals surface area contributed by atoms with Gasteiger partial charge in [-0.2, -0.15) is 0 Å². The van der Waals surface area contributed by atoms with Gasteiger partial charge < -0.3 is 14.5 Å². The number of nitrogens with zero attached hydrogens (tertiary/aromatic N) is 2. The maximum Gasteiger partial charge on any atom is 0.227 e. The van der Waals surface area contributed by atoms with Crippen LogP contribution < -0.4 is 0 Å². The Morgan fingerprint density at radius 3 is 2.85 bits per heavy atom. The molecule has 1 spiro atoms. The van der Waals surface area contributed by atoms with E-state index in [0.29, 0.717) is 44.8 Å². The van der Waals surface area contributed by atoms with Crippen molar-refractivity contribution >= 4 is 11.8 Å². The maximum absolute atomic E-state index is 13.9. The molecule has 0 bridgehead atoms. The molecule has 2 amide bonds. The number of carbonyl (C=O) groups excluding carboxylic acids is 2. The molecule has 0 unspecified atom stereocenters. The highest BCUT2D eigenvalue weighted by atomic mass is 19.1. The number of rotatable bonds is 5. The molecule has 2 aliphatic heterocycles. The standard InChI is InChI=1S/C20H27FN2O3/c1-26-12-11-23-15-20(9-7-18(23)24)8-4-10-22(14-20)19(25)13-16-5-2-3-6-17(16)21/h2-3,5-6H,4,7-15H2,1H3/t20-/m1/s1. The van der Waals surface area contributed by atoms with Gasteiger partial charge in [0.15, 0.2) is 0 Å². The molecule has 1 aromatic rings. The van der Waals surface area contributed by atoms with Gasteiger partial charge in [0.1, 0.15) is 5.82 Å². The normalized spacial score (nSPS) is 23.5. The fourth-order valence-electron chi connectivity index (χ4n) is 4.18. The smallest absolute Gasteiger partial charge is 0.227 e. The molecule has 26 heavy (non-hydrogen) atoms. The van der Waals surface area contributed by atoms with Crippen molar-refractivity contribution in [3.8, 4) is 0 Å². The molecule has 2 fully saturated rings. The quantitative estimate of drug-likeness (QED) is 0.807.